The molecule has 2 fully saturated rings. The summed E-state index contributed by atoms with van der Waals surface area (Å²) in [5.74, 6) is 1.34. The van der Waals surface area contributed by atoms with Crippen LogP contribution in [0.2, 0.25) is 5.02 Å². The van der Waals surface area contributed by atoms with Crippen LogP contribution in [-0.2, 0) is 16.1 Å². The van der Waals surface area contributed by atoms with E-state index in [4.69, 9.17) is 16.3 Å². The largest absolute Gasteiger partial charge is 0.462 e. The summed E-state index contributed by atoms with van der Waals surface area (Å²) in [5, 5.41) is 4.97. The van der Waals surface area contributed by atoms with E-state index in [0.29, 0.717) is 45.9 Å². The molecule has 1 aliphatic heterocycles. The number of nitrogens with zero attached hydrogens (tertiary/aromatic N) is 1. The Morgan fingerprint density at radius 2 is 1.81 bits per heavy atom. The molecule has 5 atom stereocenters. The topological polar surface area (TPSA) is 77.4 Å². The first-order chi connectivity index (χ1) is 17.9. The monoisotopic (exact) mass is 554 g/mol. The van der Waals surface area contributed by atoms with Crippen molar-refractivity contribution in [2.45, 2.75) is 48.9 Å². The summed E-state index contributed by atoms with van der Waals surface area (Å²) in [6.45, 7) is 2.01. The van der Waals surface area contributed by atoms with E-state index in [2.05, 4.69) is 17.4 Å². The van der Waals surface area contributed by atoms with Crippen molar-refractivity contribution in [3.05, 3.63) is 79.2 Å². The van der Waals surface area contributed by atoms with Crippen LogP contribution >= 0.6 is 34.7 Å². The molecule has 9 heteroatoms. The zero-order chi connectivity index (χ0) is 25.7. The van der Waals surface area contributed by atoms with Crippen molar-refractivity contribution in [1.29, 1.82) is 0 Å². The van der Waals surface area contributed by atoms with Crippen molar-refractivity contribution >= 4 is 52.3 Å². The third kappa shape index (κ3) is 4.53. The highest BCUT2D eigenvalue weighted by atomic mass is 35.5. The van der Waals surface area contributed by atoms with Crippen molar-refractivity contribution in [2.24, 2.45) is 17.8 Å². The Balaban J connectivity index is 1.27. The lowest BCUT2D eigenvalue weighted by Gasteiger charge is -2.40. The number of thioether (sulfide) groups is 1. The number of hydrogen-bond donors (Lipinski definition) is 1. The Bertz CT molecular complexity index is 1400. The van der Waals surface area contributed by atoms with Crippen LogP contribution in [0.3, 0.4) is 0 Å². The van der Waals surface area contributed by atoms with Crippen LogP contribution in [0.5, 0.6) is 0 Å². The summed E-state index contributed by atoms with van der Waals surface area (Å²) >= 11 is 9.29. The molecule has 1 N–H and O–H groups in total. The first-order valence-corrected chi connectivity index (χ1v) is 14.7. The molecule has 6 nitrogen and oxygen atoms in total. The van der Waals surface area contributed by atoms with Crippen LogP contribution in [0.15, 0.2) is 58.4 Å². The molecule has 192 valence electrons. The number of thiazole rings is 1. The number of rotatable bonds is 6. The number of ether oxygens (including phenoxy) is 1. The van der Waals surface area contributed by atoms with E-state index in [1.54, 1.807) is 35.8 Å². The van der Waals surface area contributed by atoms with Gasteiger partial charge in [0, 0.05) is 26.8 Å². The molecule has 0 spiro atoms. The number of nitrogens with one attached hydrogen (secondary N) is 1. The number of hydrogen-bond acceptors (Lipinski definition) is 6. The molecule has 3 aromatic rings. The fraction of sp³-hybridized carbons (Fsp3) is 0.393. The minimum atomic E-state index is -0.400. The zero-order valence-electron chi connectivity index (χ0n) is 20.3. The van der Waals surface area contributed by atoms with Gasteiger partial charge in [-0.25, -0.2) is 4.79 Å². The van der Waals surface area contributed by atoms with Gasteiger partial charge in [0.25, 0.3) is 0 Å². The third-order valence-electron chi connectivity index (χ3n) is 7.90. The number of esters is 1. The predicted octanol–water partition coefficient (Wildman–Crippen LogP) is 6.03. The van der Waals surface area contributed by atoms with E-state index in [0.717, 1.165) is 9.90 Å². The lowest BCUT2D eigenvalue weighted by molar-refractivity contribution is -0.116. The minimum absolute atomic E-state index is 0.0455. The van der Waals surface area contributed by atoms with E-state index >= 15 is 0 Å². The van der Waals surface area contributed by atoms with E-state index in [1.807, 2.05) is 23.9 Å². The fourth-order valence-electron chi connectivity index (χ4n) is 6.38. The number of carbonyl (C=O) groups is 2. The summed E-state index contributed by atoms with van der Waals surface area (Å²) in [7, 11) is 0. The molecule has 2 aromatic carbocycles. The van der Waals surface area contributed by atoms with Gasteiger partial charge in [0.05, 0.1) is 17.2 Å². The molecule has 6 rings (SSSR count). The standard InChI is InChI=1S/C28H27ClN2O4S2/c1-2-35-27(33)16-7-11-20(12-8-16)30-21(32)14-31-26-25(37-28(31)34)22(15-5-9-19(29)10-6-15)23-17-3-4-18(13-17)24(23)36-26/h5-12,17-18,22-24H,2-4,13-14H2,1H3,(H,30,32)/t17?,18?,22-,23?,24?/m0/s1. The highest BCUT2D eigenvalue weighted by Gasteiger charge is 2.55. The average molecular weight is 555 g/mol. The van der Waals surface area contributed by atoms with E-state index < -0.39 is 5.97 Å². The van der Waals surface area contributed by atoms with Gasteiger partial charge in [-0.15, -0.1) is 11.8 Å². The number of fused-ring (bicyclic) bond motifs is 6. The maximum absolute atomic E-state index is 13.2. The highest BCUT2D eigenvalue weighted by molar-refractivity contribution is 8.00. The van der Waals surface area contributed by atoms with Gasteiger partial charge in [0.1, 0.15) is 6.54 Å². The SMILES string of the molecule is CCOC(=O)c1ccc(NC(=O)Cn2c3c(sc2=O)[C@@H](c2ccc(Cl)cc2)C2C4CCC(C4)C2S3)cc1. The second-order valence-corrected chi connectivity index (χ2v) is 12.6. The van der Waals surface area contributed by atoms with Gasteiger partial charge < -0.3 is 10.1 Å². The smallest absolute Gasteiger partial charge is 0.338 e. The maximum Gasteiger partial charge on any atom is 0.338 e. The highest BCUT2D eigenvalue weighted by Crippen LogP contribution is 2.64. The second kappa shape index (κ2) is 9.97. The molecule has 2 saturated carbocycles. The van der Waals surface area contributed by atoms with Crippen LogP contribution in [0.25, 0.3) is 0 Å². The van der Waals surface area contributed by atoms with Crippen molar-refractivity contribution < 1.29 is 14.3 Å². The van der Waals surface area contributed by atoms with E-state index in [1.165, 1.54) is 36.2 Å². The van der Waals surface area contributed by atoms with Crippen LogP contribution in [-0.4, -0.2) is 28.3 Å². The number of aromatic nitrogens is 1. The van der Waals surface area contributed by atoms with Crippen molar-refractivity contribution in [2.75, 3.05) is 11.9 Å². The predicted molar refractivity (Wildman–Crippen MR) is 147 cm³/mol. The molecular weight excluding hydrogens is 528 g/mol. The average Bonchev–Trinajstić information content (AvgIpc) is 3.58. The molecular formula is C28H27ClN2O4S2. The van der Waals surface area contributed by atoms with Gasteiger partial charge in [-0.1, -0.05) is 35.1 Å². The first-order valence-electron chi connectivity index (χ1n) is 12.7. The molecule has 4 unspecified atom stereocenters. The number of carbonyl (C=O) groups excluding carboxylic acids is 2. The zero-order valence-corrected chi connectivity index (χ0v) is 22.7. The van der Waals surface area contributed by atoms with E-state index in [9.17, 15) is 14.4 Å². The summed E-state index contributed by atoms with van der Waals surface area (Å²) in [5.41, 5.74) is 2.19. The number of amides is 1. The van der Waals surface area contributed by atoms with Crippen molar-refractivity contribution in [3.8, 4) is 0 Å². The molecule has 2 heterocycles. The Morgan fingerprint density at radius 1 is 1.08 bits per heavy atom. The van der Waals surface area contributed by atoms with E-state index in [-0.39, 0.29) is 23.2 Å². The van der Waals surface area contributed by atoms with Gasteiger partial charge in [-0.05, 0) is 85.9 Å². The third-order valence-corrected chi connectivity index (χ3v) is 11.0. The van der Waals surface area contributed by atoms with Gasteiger partial charge >= 0.3 is 10.8 Å². The molecule has 2 aliphatic carbocycles. The lowest BCUT2D eigenvalue weighted by Crippen LogP contribution is -2.34. The van der Waals surface area contributed by atoms with Gasteiger partial charge in [0.2, 0.25) is 5.91 Å². The first kappa shape index (κ1) is 24.8. The molecule has 3 aliphatic rings. The Kier molecular flexibility index (Phi) is 6.67. The van der Waals surface area contributed by atoms with Crippen molar-refractivity contribution in [3.63, 3.8) is 0 Å². The number of benzene rings is 2. The Labute approximate surface area is 228 Å². The maximum atomic E-state index is 13.2. The Morgan fingerprint density at radius 3 is 2.54 bits per heavy atom. The number of halogens is 1. The minimum Gasteiger partial charge on any atom is -0.462 e. The van der Waals surface area contributed by atoms with Gasteiger partial charge in [-0.2, -0.15) is 0 Å². The molecule has 1 aromatic heterocycles. The second-order valence-electron chi connectivity index (χ2n) is 9.99. The quantitative estimate of drug-likeness (QED) is 0.376. The van der Waals surface area contributed by atoms with Crippen LogP contribution < -0.4 is 10.2 Å². The van der Waals surface area contributed by atoms with Crippen molar-refractivity contribution in [1.82, 2.24) is 4.57 Å². The summed E-state index contributed by atoms with van der Waals surface area (Å²) < 4.78 is 6.66. The van der Waals surface area contributed by atoms with Crippen LogP contribution in [0, 0.1) is 17.8 Å². The number of anilines is 1. The van der Waals surface area contributed by atoms with Crippen LogP contribution in [0.1, 0.15) is 52.9 Å². The fourth-order valence-corrected chi connectivity index (χ4v) is 9.66. The van der Waals surface area contributed by atoms with Gasteiger partial charge in [-0.3, -0.25) is 14.2 Å². The molecule has 0 saturated heterocycles. The Hall–Kier alpha value is -2.55. The molecule has 1 amide bonds. The summed E-state index contributed by atoms with van der Waals surface area (Å²) in [6, 6.07) is 14.6. The normalized spacial score (nSPS) is 25.4. The summed E-state index contributed by atoms with van der Waals surface area (Å²) in [6.07, 6.45) is 3.77. The van der Waals surface area contributed by atoms with Gasteiger partial charge in [0.15, 0.2) is 0 Å². The summed E-state index contributed by atoms with van der Waals surface area (Å²) in [4.78, 5) is 39.1. The lowest BCUT2D eigenvalue weighted by atomic mass is 9.75. The molecule has 2 bridgehead atoms. The molecule has 37 heavy (non-hydrogen) atoms. The molecule has 0 radical (unpaired) electrons. The van der Waals surface area contributed by atoms with Crippen LogP contribution in [0.4, 0.5) is 5.69 Å².